The molecule has 0 bridgehead atoms. The van der Waals surface area contributed by atoms with Gasteiger partial charge in [0.25, 0.3) is 0 Å². The molecule has 4 aromatic rings. The zero-order valence-corrected chi connectivity index (χ0v) is 17.5. The first-order valence-corrected chi connectivity index (χ1v) is 11.3. The molecular weight excluding hydrogens is 427 g/mol. The van der Waals surface area contributed by atoms with Crippen LogP contribution in [-0.4, -0.2) is 20.5 Å². The Hall–Kier alpha value is -3.17. The minimum atomic E-state index is -4.02. The average molecular weight is 445 g/mol. The Balaban J connectivity index is 1.70. The highest BCUT2D eigenvalue weighted by Gasteiger charge is 2.28. The van der Waals surface area contributed by atoms with E-state index in [9.17, 15) is 12.8 Å². The van der Waals surface area contributed by atoms with Crippen molar-refractivity contribution in [2.45, 2.75) is 16.5 Å². The topological polar surface area (TPSA) is 81.4 Å². The van der Waals surface area contributed by atoms with E-state index in [0.717, 1.165) is 23.4 Å². The maximum atomic E-state index is 13.3. The summed E-state index contributed by atoms with van der Waals surface area (Å²) in [4.78, 5) is 4.87. The lowest BCUT2D eigenvalue weighted by Crippen LogP contribution is -2.07. The molecule has 2 aromatic heterocycles. The third-order valence-corrected chi connectivity index (χ3v) is 6.86. The number of aromatic nitrogens is 1. The molecule has 0 unspecified atom stereocenters. The van der Waals surface area contributed by atoms with Gasteiger partial charge in [-0.2, -0.15) is 4.98 Å². The Bertz CT molecular complexity index is 1230. The molecule has 2 aromatic carbocycles. The first kappa shape index (κ1) is 20.1. The molecular formula is C21H17FN2O4S2. The number of anilines is 1. The van der Waals surface area contributed by atoms with Gasteiger partial charge in [-0.3, -0.25) is 0 Å². The lowest BCUT2D eigenvalue weighted by atomic mass is 10.2. The normalized spacial score (nSPS) is 11.4. The minimum absolute atomic E-state index is 0.0264. The fourth-order valence-electron chi connectivity index (χ4n) is 2.76. The third-order valence-electron chi connectivity index (χ3n) is 4.32. The van der Waals surface area contributed by atoms with Crippen molar-refractivity contribution in [2.75, 3.05) is 12.4 Å². The van der Waals surface area contributed by atoms with Crippen LogP contribution in [0.3, 0.4) is 0 Å². The Labute approximate surface area is 176 Å². The van der Waals surface area contributed by atoms with Crippen molar-refractivity contribution in [1.29, 1.82) is 0 Å². The fraction of sp³-hybridized carbons (Fsp3) is 0.0952. The van der Waals surface area contributed by atoms with Gasteiger partial charge in [-0.15, -0.1) is 11.3 Å². The molecule has 0 atom stereocenters. The van der Waals surface area contributed by atoms with Crippen molar-refractivity contribution in [3.8, 4) is 16.5 Å². The van der Waals surface area contributed by atoms with Crippen molar-refractivity contribution >= 4 is 27.1 Å². The summed E-state index contributed by atoms with van der Waals surface area (Å²) in [6.45, 7) is 0.314. The quantitative estimate of drug-likeness (QED) is 0.404. The van der Waals surface area contributed by atoms with Gasteiger partial charge in [0, 0.05) is 6.54 Å². The van der Waals surface area contributed by atoms with Gasteiger partial charge in [-0.1, -0.05) is 18.2 Å². The van der Waals surface area contributed by atoms with E-state index in [2.05, 4.69) is 10.3 Å². The van der Waals surface area contributed by atoms with E-state index in [4.69, 9.17) is 9.15 Å². The highest BCUT2D eigenvalue weighted by atomic mass is 32.2. The number of thiophene rings is 1. The second-order valence-electron chi connectivity index (χ2n) is 6.29. The summed E-state index contributed by atoms with van der Waals surface area (Å²) in [5.74, 6) is 0.422. The predicted molar refractivity (Wildman–Crippen MR) is 112 cm³/mol. The number of methoxy groups -OCH3 is 1. The molecule has 1 N–H and O–H groups in total. The van der Waals surface area contributed by atoms with Crippen molar-refractivity contribution in [3.63, 3.8) is 0 Å². The molecule has 0 radical (unpaired) electrons. The van der Waals surface area contributed by atoms with Gasteiger partial charge in [0.15, 0.2) is 0 Å². The molecule has 0 fully saturated rings. The van der Waals surface area contributed by atoms with Crippen LogP contribution < -0.4 is 10.1 Å². The van der Waals surface area contributed by atoms with Crippen molar-refractivity contribution in [3.05, 3.63) is 77.4 Å². The van der Waals surface area contributed by atoms with Crippen LogP contribution in [0.4, 0.5) is 10.3 Å². The second kappa shape index (κ2) is 8.29. The van der Waals surface area contributed by atoms with Crippen molar-refractivity contribution in [1.82, 2.24) is 4.98 Å². The molecule has 154 valence electrons. The molecule has 30 heavy (non-hydrogen) atoms. The number of nitrogens with zero attached hydrogens (tertiary/aromatic N) is 1. The number of hydrogen-bond acceptors (Lipinski definition) is 7. The van der Waals surface area contributed by atoms with E-state index in [1.807, 2.05) is 35.7 Å². The molecule has 0 aliphatic rings. The molecule has 0 spiro atoms. The third kappa shape index (κ3) is 4.07. The minimum Gasteiger partial charge on any atom is -0.497 e. The fourth-order valence-corrected chi connectivity index (χ4v) is 4.68. The number of oxazole rings is 1. The van der Waals surface area contributed by atoms with Crippen molar-refractivity contribution < 1.29 is 22.0 Å². The molecule has 6 nitrogen and oxygen atoms in total. The Morgan fingerprint density at radius 1 is 1.10 bits per heavy atom. The summed E-state index contributed by atoms with van der Waals surface area (Å²) < 4.78 is 50.5. The van der Waals surface area contributed by atoms with Gasteiger partial charge in [0.05, 0.1) is 16.9 Å². The summed E-state index contributed by atoms with van der Waals surface area (Å²) in [5.41, 5.74) is 0.898. The first-order valence-electron chi connectivity index (χ1n) is 8.89. The van der Waals surface area contributed by atoms with Gasteiger partial charge in [0.2, 0.25) is 26.6 Å². The number of halogens is 1. The summed E-state index contributed by atoms with van der Waals surface area (Å²) in [6, 6.07) is 15.5. The predicted octanol–water partition coefficient (Wildman–Crippen LogP) is 5.00. The lowest BCUT2D eigenvalue weighted by molar-refractivity contribution is 0.414. The number of nitrogens with one attached hydrogen (secondary N) is 1. The standard InChI is InChI=1S/C21H17FN2O4S2/c1-27-16-8-4-14(5-9-16)13-23-20-21(24-19(28-20)18-3-2-12-29-18)30(25,26)17-10-6-15(22)7-11-17/h2-12,23H,13H2,1H3. The van der Waals surface area contributed by atoms with Gasteiger partial charge < -0.3 is 14.5 Å². The average Bonchev–Trinajstić information content (AvgIpc) is 3.43. The van der Waals surface area contributed by atoms with Crippen LogP contribution in [0.25, 0.3) is 10.8 Å². The zero-order valence-electron chi connectivity index (χ0n) is 15.8. The smallest absolute Gasteiger partial charge is 0.240 e. The van der Waals surface area contributed by atoms with E-state index in [0.29, 0.717) is 11.4 Å². The maximum absolute atomic E-state index is 13.3. The van der Waals surface area contributed by atoms with E-state index in [-0.39, 0.29) is 21.7 Å². The van der Waals surface area contributed by atoms with Gasteiger partial charge in [-0.05, 0) is 53.4 Å². The first-order chi connectivity index (χ1) is 14.5. The van der Waals surface area contributed by atoms with Crippen molar-refractivity contribution in [2.24, 2.45) is 0 Å². The van der Waals surface area contributed by atoms with Gasteiger partial charge in [0.1, 0.15) is 11.6 Å². The van der Waals surface area contributed by atoms with E-state index < -0.39 is 15.7 Å². The van der Waals surface area contributed by atoms with E-state index in [1.54, 1.807) is 13.2 Å². The van der Waals surface area contributed by atoms with Gasteiger partial charge >= 0.3 is 0 Å². The largest absolute Gasteiger partial charge is 0.497 e. The highest BCUT2D eigenvalue weighted by molar-refractivity contribution is 7.91. The van der Waals surface area contributed by atoms with Crippen LogP contribution in [0, 0.1) is 5.82 Å². The van der Waals surface area contributed by atoms with Gasteiger partial charge in [-0.25, -0.2) is 12.8 Å². The number of sulfone groups is 1. The molecule has 0 aliphatic heterocycles. The molecule has 4 rings (SSSR count). The Morgan fingerprint density at radius 2 is 1.83 bits per heavy atom. The van der Waals surface area contributed by atoms with E-state index in [1.165, 1.54) is 23.5 Å². The summed E-state index contributed by atoms with van der Waals surface area (Å²) in [7, 11) is -2.44. The number of benzene rings is 2. The summed E-state index contributed by atoms with van der Waals surface area (Å²) in [5, 5.41) is 4.62. The lowest BCUT2D eigenvalue weighted by Gasteiger charge is -2.07. The second-order valence-corrected chi connectivity index (χ2v) is 9.10. The van der Waals surface area contributed by atoms with Crippen LogP contribution in [0.15, 0.2) is 80.4 Å². The highest BCUT2D eigenvalue weighted by Crippen LogP contribution is 2.34. The van der Waals surface area contributed by atoms with Crippen LogP contribution in [0.1, 0.15) is 5.56 Å². The van der Waals surface area contributed by atoms with Crippen LogP contribution in [0.5, 0.6) is 5.75 Å². The number of hydrogen-bond donors (Lipinski definition) is 1. The molecule has 2 heterocycles. The maximum Gasteiger partial charge on any atom is 0.240 e. The molecule has 0 saturated carbocycles. The molecule has 9 heteroatoms. The Morgan fingerprint density at radius 3 is 2.47 bits per heavy atom. The summed E-state index contributed by atoms with van der Waals surface area (Å²) in [6.07, 6.45) is 0. The Kier molecular flexibility index (Phi) is 5.56. The van der Waals surface area contributed by atoms with Crippen LogP contribution in [0.2, 0.25) is 0 Å². The van der Waals surface area contributed by atoms with E-state index >= 15 is 0 Å². The van der Waals surface area contributed by atoms with Crippen LogP contribution in [-0.2, 0) is 16.4 Å². The SMILES string of the molecule is COc1ccc(CNc2oc(-c3cccs3)nc2S(=O)(=O)c2ccc(F)cc2)cc1. The monoisotopic (exact) mass is 444 g/mol. The molecule has 0 saturated heterocycles. The summed E-state index contributed by atoms with van der Waals surface area (Å²) >= 11 is 1.38. The zero-order chi connectivity index (χ0) is 21.1. The molecule has 0 amide bonds. The number of ether oxygens (including phenoxy) is 1. The number of rotatable bonds is 7. The molecule has 0 aliphatic carbocycles. The van der Waals surface area contributed by atoms with Crippen LogP contribution >= 0.6 is 11.3 Å².